The van der Waals surface area contributed by atoms with Crippen LogP contribution in [-0.4, -0.2) is 21.6 Å². The molecule has 0 spiro atoms. The number of nitro benzene ring substituents is 1. The van der Waals surface area contributed by atoms with Crippen molar-refractivity contribution in [2.24, 2.45) is 0 Å². The molecular formula is C12H12F2N4O3. The van der Waals surface area contributed by atoms with Crippen molar-refractivity contribution >= 4 is 11.4 Å². The van der Waals surface area contributed by atoms with Gasteiger partial charge in [0.15, 0.2) is 5.82 Å². The largest absolute Gasteiger partial charge is 0.384 e. The summed E-state index contributed by atoms with van der Waals surface area (Å²) in [6.45, 7) is 1.95. The van der Waals surface area contributed by atoms with Crippen LogP contribution >= 0.6 is 0 Å². The molecule has 0 bridgehead atoms. The van der Waals surface area contributed by atoms with Crippen LogP contribution in [0.3, 0.4) is 0 Å². The molecule has 1 aromatic heterocycles. The molecule has 112 valence electrons. The molecule has 2 rings (SSSR count). The van der Waals surface area contributed by atoms with Gasteiger partial charge in [-0.25, -0.2) is 8.78 Å². The number of nitrogens with zero attached hydrogens (tertiary/aromatic N) is 3. The molecular weight excluding hydrogens is 286 g/mol. The summed E-state index contributed by atoms with van der Waals surface area (Å²) in [5.74, 6) is 0.883. The van der Waals surface area contributed by atoms with Gasteiger partial charge < -0.3 is 9.84 Å². The third kappa shape index (κ3) is 3.71. The van der Waals surface area contributed by atoms with E-state index in [2.05, 4.69) is 15.5 Å². The first-order valence-corrected chi connectivity index (χ1v) is 6.07. The number of hydrogen-bond acceptors (Lipinski definition) is 6. The van der Waals surface area contributed by atoms with E-state index in [-0.39, 0.29) is 11.4 Å². The maximum Gasteiger partial charge on any atom is 0.270 e. The molecule has 21 heavy (non-hydrogen) atoms. The van der Waals surface area contributed by atoms with E-state index in [0.29, 0.717) is 24.7 Å². The van der Waals surface area contributed by atoms with E-state index in [1.165, 1.54) is 12.1 Å². The second-order valence-corrected chi connectivity index (χ2v) is 4.24. The summed E-state index contributed by atoms with van der Waals surface area (Å²) in [6.07, 6.45) is -2.42. The fourth-order valence-corrected chi connectivity index (χ4v) is 1.76. The first kappa shape index (κ1) is 14.8. The number of aromatic nitrogens is 2. The summed E-state index contributed by atoms with van der Waals surface area (Å²) in [7, 11) is 0. The SMILES string of the molecule is Cc1nc(CCNc2ccc([N+](=O)[O-])cc2C(F)F)no1. The van der Waals surface area contributed by atoms with Gasteiger partial charge in [0.05, 0.1) is 4.92 Å². The fourth-order valence-electron chi connectivity index (χ4n) is 1.76. The maximum absolute atomic E-state index is 12.9. The van der Waals surface area contributed by atoms with Gasteiger partial charge in [0.2, 0.25) is 5.89 Å². The molecule has 0 saturated heterocycles. The number of benzene rings is 1. The number of nitrogens with one attached hydrogen (secondary N) is 1. The normalized spacial score (nSPS) is 10.9. The zero-order chi connectivity index (χ0) is 15.4. The van der Waals surface area contributed by atoms with Crippen LogP contribution < -0.4 is 5.32 Å². The first-order chi connectivity index (χ1) is 9.97. The number of non-ortho nitro benzene ring substituents is 1. The number of rotatable bonds is 6. The lowest BCUT2D eigenvalue weighted by atomic mass is 10.1. The Kier molecular flexibility index (Phi) is 4.41. The molecule has 2 aromatic rings. The van der Waals surface area contributed by atoms with Gasteiger partial charge >= 0.3 is 0 Å². The Balaban J connectivity index is 2.06. The standard InChI is InChI=1S/C12H12F2N4O3/c1-7-16-11(17-21-7)4-5-15-10-3-2-8(18(19)20)6-9(10)12(13)14/h2-3,6,12,15H,4-5H2,1H3. The Bertz CT molecular complexity index is 645. The average molecular weight is 298 g/mol. The van der Waals surface area contributed by atoms with Crippen molar-refractivity contribution in [3.05, 3.63) is 45.6 Å². The summed E-state index contributed by atoms with van der Waals surface area (Å²) in [5.41, 5.74) is -0.631. The van der Waals surface area contributed by atoms with E-state index in [0.717, 1.165) is 6.07 Å². The van der Waals surface area contributed by atoms with Gasteiger partial charge in [0.1, 0.15) is 0 Å². The molecule has 0 unspecified atom stereocenters. The van der Waals surface area contributed by atoms with Gasteiger partial charge in [0.25, 0.3) is 12.1 Å². The van der Waals surface area contributed by atoms with E-state index in [1.54, 1.807) is 6.92 Å². The third-order valence-corrected chi connectivity index (χ3v) is 2.71. The minimum absolute atomic E-state index is 0.149. The number of halogens is 2. The molecule has 1 aromatic carbocycles. The van der Waals surface area contributed by atoms with Crippen molar-refractivity contribution in [1.82, 2.24) is 10.1 Å². The molecule has 7 nitrogen and oxygen atoms in total. The third-order valence-electron chi connectivity index (χ3n) is 2.71. The van der Waals surface area contributed by atoms with E-state index in [9.17, 15) is 18.9 Å². The topological polar surface area (TPSA) is 94.1 Å². The number of nitro groups is 1. The fraction of sp³-hybridized carbons (Fsp3) is 0.333. The molecule has 0 aliphatic heterocycles. The van der Waals surface area contributed by atoms with Crippen molar-refractivity contribution in [3.63, 3.8) is 0 Å². The summed E-state index contributed by atoms with van der Waals surface area (Å²) >= 11 is 0. The van der Waals surface area contributed by atoms with E-state index >= 15 is 0 Å². The Morgan fingerprint density at radius 1 is 1.48 bits per heavy atom. The average Bonchev–Trinajstić information content (AvgIpc) is 2.84. The molecule has 1 N–H and O–H groups in total. The van der Waals surface area contributed by atoms with Crippen LogP contribution in [0.1, 0.15) is 23.7 Å². The van der Waals surface area contributed by atoms with Crippen LogP contribution in [-0.2, 0) is 6.42 Å². The van der Waals surface area contributed by atoms with Gasteiger partial charge in [-0.1, -0.05) is 5.16 Å². The number of alkyl halides is 2. The van der Waals surface area contributed by atoms with Crippen LogP contribution in [0.2, 0.25) is 0 Å². The second-order valence-electron chi connectivity index (χ2n) is 4.24. The van der Waals surface area contributed by atoms with Crippen LogP contribution in [0, 0.1) is 17.0 Å². The monoisotopic (exact) mass is 298 g/mol. The van der Waals surface area contributed by atoms with Crippen molar-refractivity contribution in [1.29, 1.82) is 0 Å². The zero-order valence-electron chi connectivity index (χ0n) is 11.0. The molecule has 0 atom stereocenters. The number of hydrogen-bond donors (Lipinski definition) is 1. The maximum atomic E-state index is 12.9. The van der Waals surface area contributed by atoms with Crippen LogP contribution in [0.4, 0.5) is 20.2 Å². The quantitative estimate of drug-likeness (QED) is 0.651. The lowest BCUT2D eigenvalue weighted by Gasteiger charge is -2.10. The Hall–Kier alpha value is -2.58. The molecule has 0 radical (unpaired) electrons. The smallest absolute Gasteiger partial charge is 0.270 e. The summed E-state index contributed by atoms with van der Waals surface area (Å²) < 4.78 is 30.6. The van der Waals surface area contributed by atoms with Gasteiger partial charge in [0, 0.05) is 43.3 Å². The summed E-state index contributed by atoms with van der Waals surface area (Å²) in [4.78, 5) is 13.9. The first-order valence-electron chi connectivity index (χ1n) is 6.07. The molecule has 0 fully saturated rings. The Labute approximate surface area is 118 Å². The van der Waals surface area contributed by atoms with E-state index in [4.69, 9.17) is 4.52 Å². The van der Waals surface area contributed by atoms with Gasteiger partial charge in [-0.15, -0.1) is 0 Å². The molecule has 0 aliphatic carbocycles. The number of anilines is 1. The minimum Gasteiger partial charge on any atom is -0.384 e. The molecule has 0 aliphatic rings. The molecule has 9 heteroatoms. The van der Waals surface area contributed by atoms with Gasteiger partial charge in [-0.2, -0.15) is 4.98 Å². The van der Waals surface area contributed by atoms with Gasteiger partial charge in [-0.3, -0.25) is 10.1 Å². The summed E-state index contributed by atoms with van der Waals surface area (Å²) in [6, 6.07) is 3.30. The van der Waals surface area contributed by atoms with E-state index in [1.807, 2.05) is 0 Å². The van der Waals surface area contributed by atoms with Crippen molar-refractivity contribution in [3.8, 4) is 0 Å². The molecule has 1 heterocycles. The number of aryl methyl sites for hydroxylation is 1. The van der Waals surface area contributed by atoms with Gasteiger partial charge in [-0.05, 0) is 6.07 Å². The molecule has 0 amide bonds. The van der Waals surface area contributed by atoms with Crippen LogP contribution in [0.15, 0.2) is 22.7 Å². The highest BCUT2D eigenvalue weighted by Crippen LogP contribution is 2.30. The van der Waals surface area contributed by atoms with Crippen molar-refractivity contribution in [2.45, 2.75) is 19.8 Å². The molecule has 0 saturated carbocycles. The summed E-state index contributed by atoms with van der Waals surface area (Å²) in [5, 5.41) is 17.1. The van der Waals surface area contributed by atoms with Crippen LogP contribution in [0.25, 0.3) is 0 Å². The lowest BCUT2D eigenvalue weighted by Crippen LogP contribution is -2.08. The highest BCUT2D eigenvalue weighted by atomic mass is 19.3. The lowest BCUT2D eigenvalue weighted by molar-refractivity contribution is -0.385. The predicted molar refractivity (Wildman–Crippen MR) is 69.3 cm³/mol. The Morgan fingerprint density at radius 3 is 2.81 bits per heavy atom. The van der Waals surface area contributed by atoms with E-state index < -0.39 is 16.9 Å². The van der Waals surface area contributed by atoms with Crippen LogP contribution in [0.5, 0.6) is 0 Å². The highest BCUT2D eigenvalue weighted by molar-refractivity contribution is 5.56. The minimum atomic E-state index is -2.81. The van der Waals surface area contributed by atoms with Crippen molar-refractivity contribution in [2.75, 3.05) is 11.9 Å². The highest BCUT2D eigenvalue weighted by Gasteiger charge is 2.17. The van der Waals surface area contributed by atoms with Crippen molar-refractivity contribution < 1.29 is 18.2 Å². The Morgan fingerprint density at radius 2 is 2.24 bits per heavy atom. The zero-order valence-corrected chi connectivity index (χ0v) is 11.0. The second kappa shape index (κ2) is 6.25. The predicted octanol–water partition coefficient (Wildman–Crippen LogP) is 2.88.